The van der Waals surface area contributed by atoms with Gasteiger partial charge in [0.25, 0.3) is 0 Å². The third-order valence-electron chi connectivity index (χ3n) is 9.32. The van der Waals surface area contributed by atoms with Gasteiger partial charge in [-0.15, -0.1) is 0 Å². The number of hydrogen-bond acceptors (Lipinski definition) is 7. The minimum Gasteiger partial charge on any atom is -0.457 e. The Balaban J connectivity index is 4.08. The molecule has 0 fully saturated rings. The molecule has 3 N–H and O–H groups in total. The van der Waals surface area contributed by atoms with E-state index in [4.69, 9.17) is 24.3 Å². The molecule has 0 aliphatic rings. The normalized spacial score (nSPS) is 14.2. The average molecular weight is 832 g/mol. The van der Waals surface area contributed by atoms with Crippen LogP contribution in [-0.2, 0) is 27.9 Å². The number of hydrogen-bond donors (Lipinski definition) is 2. The van der Waals surface area contributed by atoms with Crippen LogP contribution < -0.4 is 5.73 Å². The van der Waals surface area contributed by atoms with Gasteiger partial charge in [0.05, 0.1) is 26.4 Å². The van der Waals surface area contributed by atoms with Gasteiger partial charge in [0.15, 0.2) is 0 Å². The smallest absolute Gasteiger partial charge is 0.457 e. The molecule has 0 aromatic rings. The molecule has 0 saturated heterocycles. The minimum atomic E-state index is -4.30. The molecule has 0 rings (SSSR count). The van der Waals surface area contributed by atoms with Crippen molar-refractivity contribution in [3.63, 3.8) is 0 Å². The molecule has 9 heteroatoms. The second kappa shape index (κ2) is 45.8. The van der Waals surface area contributed by atoms with Crippen molar-refractivity contribution in [1.29, 1.82) is 0 Å². The van der Waals surface area contributed by atoms with Crippen LogP contribution in [0.15, 0.2) is 85.1 Å². The van der Waals surface area contributed by atoms with Gasteiger partial charge in [-0.25, -0.2) is 4.57 Å². The first kappa shape index (κ1) is 55.7. The molecule has 0 heterocycles. The Labute approximate surface area is 356 Å². The van der Waals surface area contributed by atoms with E-state index in [9.17, 15) is 14.3 Å². The summed E-state index contributed by atoms with van der Waals surface area (Å²) in [6.07, 6.45) is 59.2. The Bertz CT molecular complexity index is 1160. The maximum Gasteiger partial charge on any atom is 0.472 e. The topological polar surface area (TPSA) is 117 Å². The zero-order valence-corrected chi connectivity index (χ0v) is 37.9. The molecular formula is C49H86NO7P. The van der Waals surface area contributed by atoms with Crippen LogP contribution in [0.5, 0.6) is 0 Å². The van der Waals surface area contributed by atoms with Gasteiger partial charge in [0.1, 0.15) is 6.10 Å². The van der Waals surface area contributed by atoms with Crippen LogP contribution >= 0.6 is 7.82 Å². The highest BCUT2D eigenvalue weighted by atomic mass is 31.2. The number of unbranched alkanes of at least 4 members (excludes halogenated alkanes) is 16. The van der Waals surface area contributed by atoms with E-state index in [0.717, 1.165) is 57.8 Å². The van der Waals surface area contributed by atoms with Crippen LogP contribution in [0.25, 0.3) is 0 Å². The summed E-state index contributed by atoms with van der Waals surface area (Å²) < 4.78 is 33.3. The lowest BCUT2D eigenvalue weighted by Gasteiger charge is -2.19. The fourth-order valence-corrected chi connectivity index (χ4v) is 6.74. The molecule has 334 valence electrons. The lowest BCUT2D eigenvalue weighted by molar-refractivity contribution is -0.154. The summed E-state index contributed by atoms with van der Waals surface area (Å²) in [5.74, 6) is -0.360. The van der Waals surface area contributed by atoms with E-state index in [1.54, 1.807) is 0 Å². The first-order valence-corrected chi connectivity index (χ1v) is 24.6. The summed E-state index contributed by atoms with van der Waals surface area (Å²) in [5, 5.41) is 0. The molecule has 0 amide bonds. The first-order valence-electron chi connectivity index (χ1n) is 23.1. The number of carbonyl (C=O) groups excluding carboxylic acids is 1. The monoisotopic (exact) mass is 832 g/mol. The van der Waals surface area contributed by atoms with E-state index in [1.807, 2.05) is 0 Å². The summed E-state index contributed by atoms with van der Waals surface area (Å²) in [6, 6.07) is 0. The van der Waals surface area contributed by atoms with Crippen molar-refractivity contribution in [3.05, 3.63) is 85.1 Å². The molecule has 0 radical (unpaired) electrons. The number of carbonyl (C=O) groups is 1. The number of phosphoric ester groups is 1. The van der Waals surface area contributed by atoms with Crippen LogP contribution in [0.4, 0.5) is 0 Å². The molecule has 0 saturated carbocycles. The number of ether oxygens (including phenoxy) is 2. The summed E-state index contributed by atoms with van der Waals surface area (Å²) in [6.45, 7) is 4.55. The number of allylic oxidation sites excluding steroid dienone is 13. The number of esters is 1. The Morgan fingerprint density at radius 3 is 1.45 bits per heavy atom. The molecular weight excluding hydrogens is 746 g/mol. The SMILES string of the molecule is CC/C=C\C/C=C\C/C=C\C/C=C\C/C=C\CCOCC(COP(=O)(O)OCCN)OC(=O)CCCCCCCCCCCCC/C=C\C/C=C\CCCCCCC. The lowest BCUT2D eigenvalue weighted by atomic mass is 10.0. The van der Waals surface area contributed by atoms with E-state index in [0.29, 0.717) is 19.4 Å². The molecule has 2 unspecified atom stereocenters. The van der Waals surface area contributed by atoms with Gasteiger partial charge in [-0.3, -0.25) is 13.8 Å². The highest BCUT2D eigenvalue weighted by molar-refractivity contribution is 7.47. The summed E-state index contributed by atoms with van der Waals surface area (Å²) >= 11 is 0. The van der Waals surface area contributed by atoms with Crippen LogP contribution in [0.3, 0.4) is 0 Å². The number of rotatable bonds is 43. The van der Waals surface area contributed by atoms with E-state index in [2.05, 4.69) is 98.9 Å². The molecule has 0 aromatic carbocycles. The van der Waals surface area contributed by atoms with E-state index < -0.39 is 13.9 Å². The van der Waals surface area contributed by atoms with Gasteiger partial charge >= 0.3 is 13.8 Å². The molecule has 0 aliphatic heterocycles. The molecule has 0 spiro atoms. The van der Waals surface area contributed by atoms with Gasteiger partial charge in [0.2, 0.25) is 0 Å². The van der Waals surface area contributed by atoms with Crippen LogP contribution in [0.2, 0.25) is 0 Å². The quantitative estimate of drug-likeness (QED) is 0.0270. The summed E-state index contributed by atoms with van der Waals surface area (Å²) in [5.41, 5.74) is 5.37. The highest BCUT2D eigenvalue weighted by Crippen LogP contribution is 2.43. The second-order valence-electron chi connectivity index (χ2n) is 14.9. The molecule has 58 heavy (non-hydrogen) atoms. The Morgan fingerprint density at radius 2 is 0.966 bits per heavy atom. The third-order valence-corrected chi connectivity index (χ3v) is 10.3. The fourth-order valence-electron chi connectivity index (χ4n) is 5.97. The van der Waals surface area contributed by atoms with Crippen LogP contribution in [0, 0.1) is 0 Å². The van der Waals surface area contributed by atoms with Gasteiger partial charge in [-0.05, 0) is 77.0 Å². The largest absolute Gasteiger partial charge is 0.472 e. The molecule has 0 aromatic heterocycles. The maximum atomic E-state index is 12.6. The summed E-state index contributed by atoms with van der Waals surface area (Å²) in [7, 11) is -4.30. The van der Waals surface area contributed by atoms with E-state index in [-0.39, 0.29) is 32.3 Å². The van der Waals surface area contributed by atoms with Crippen molar-refractivity contribution in [3.8, 4) is 0 Å². The average Bonchev–Trinajstić information content (AvgIpc) is 3.21. The maximum absolute atomic E-state index is 12.6. The first-order chi connectivity index (χ1) is 28.4. The van der Waals surface area contributed by atoms with Crippen LogP contribution in [0.1, 0.15) is 181 Å². The lowest BCUT2D eigenvalue weighted by Crippen LogP contribution is -2.28. The number of nitrogens with two attached hydrogens (primary N) is 1. The molecule has 0 bridgehead atoms. The molecule has 8 nitrogen and oxygen atoms in total. The Morgan fingerprint density at radius 1 is 0.534 bits per heavy atom. The van der Waals surface area contributed by atoms with E-state index >= 15 is 0 Å². The third kappa shape index (κ3) is 44.8. The number of phosphoric acid groups is 1. The van der Waals surface area contributed by atoms with Crippen molar-refractivity contribution in [2.75, 3.05) is 33.0 Å². The zero-order chi connectivity index (χ0) is 42.3. The second-order valence-corrected chi connectivity index (χ2v) is 16.3. The Kier molecular flexibility index (Phi) is 43.9. The highest BCUT2D eigenvalue weighted by Gasteiger charge is 2.25. The van der Waals surface area contributed by atoms with Crippen molar-refractivity contribution in [2.24, 2.45) is 5.73 Å². The van der Waals surface area contributed by atoms with Crippen molar-refractivity contribution in [2.45, 2.75) is 187 Å². The van der Waals surface area contributed by atoms with Gasteiger partial charge in [0, 0.05) is 13.0 Å². The Hall–Kier alpha value is -2.32. The minimum absolute atomic E-state index is 0.0571. The van der Waals surface area contributed by atoms with Gasteiger partial charge in [-0.1, -0.05) is 182 Å². The van der Waals surface area contributed by atoms with Crippen molar-refractivity contribution in [1.82, 2.24) is 0 Å². The predicted molar refractivity (Wildman–Crippen MR) is 247 cm³/mol. The van der Waals surface area contributed by atoms with Crippen molar-refractivity contribution < 1.29 is 32.8 Å². The molecule has 2 atom stereocenters. The predicted octanol–water partition coefficient (Wildman–Crippen LogP) is 14.1. The van der Waals surface area contributed by atoms with Gasteiger partial charge in [-0.2, -0.15) is 0 Å². The molecule has 0 aliphatic carbocycles. The standard InChI is InChI=1S/C49H86NO7P/c1-3-5-7-9-11-13-15-17-19-21-22-23-24-25-26-27-28-30-32-34-36-38-40-42-49(51)57-48(47-56-58(52,53)55-45-43-50)46-54-44-41-39-37-35-33-31-29-20-18-16-14-12-10-8-6-4-2/h6,8,12,14-15,17-18,20-22,31,33,37,39,48H,3-5,7,9-11,13,16,19,23-30,32,34-36,38,40-47,50H2,1-2H3,(H,52,53)/b8-6-,14-12-,17-15-,20-18-,22-21-,33-31-,39-37-. The van der Waals surface area contributed by atoms with Gasteiger partial charge < -0.3 is 20.1 Å². The zero-order valence-electron chi connectivity index (χ0n) is 37.0. The summed E-state index contributed by atoms with van der Waals surface area (Å²) in [4.78, 5) is 22.5. The van der Waals surface area contributed by atoms with Crippen LogP contribution in [-0.4, -0.2) is 49.9 Å². The van der Waals surface area contributed by atoms with Crippen molar-refractivity contribution >= 4 is 13.8 Å². The van der Waals surface area contributed by atoms with E-state index in [1.165, 1.54) is 96.3 Å². The fraction of sp³-hybridized carbons (Fsp3) is 0.694.